The summed E-state index contributed by atoms with van der Waals surface area (Å²) in [6, 6.07) is 1.28. The smallest absolute Gasteiger partial charge is 0.305 e. The van der Waals surface area contributed by atoms with Crippen LogP contribution in [0.15, 0.2) is 18.2 Å². The van der Waals surface area contributed by atoms with Crippen molar-refractivity contribution >= 4 is 40.9 Å². The minimum Gasteiger partial charge on any atom is -0.463 e. The highest BCUT2D eigenvalue weighted by Gasteiger charge is 2.52. The number of hydrogen-bond acceptors (Lipinski definition) is 14. The van der Waals surface area contributed by atoms with Crippen molar-refractivity contribution in [1.82, 2.24) is 0 Å². The molecule has 0 unspecified atom stereocenters. The van der Waals surface area contributed by atoms with Crippen LogP contribution in [0.1, 0.15) is 27.7 Å². The van der Waals surface area contributed by atoms with Crippen LogP contribution in [0.25, 0.3) is 0 Å². The highest BCUT2D eigenvalue weighted by Crippen LogP contribution is 2.34. The molecule has 2 rings (SSSR count). The van der Waals surface area contributed by atoms with E-state index in [1.807, 2.05) is 0 Å². The van der Waals surface area contributed by atoms with Crippen molar-refractivity contribution < 1.29 is 52.7 Å². The summed E-state index contributed by atoms with van der Waals surface area (Å²) in [6.45, 7) is 3.74. The number of nitro benzene ring substituents is 2. The van der Waals surface area contributed by atoms with Crippen LogP contribution in [0.5, 0.6) is 0 Å². The molecule has 1 fully saturated rings. The minimum absolute atomic E-state index is 0.284. The number of esters is 4. The molecule has 1 saturated heterocycles. The average molecular weight is 513 g/mol. The van der Waals surface area contributed by atoms with Gasteiger partial charge in [0.05, 0.1) is 15.9 Å². The Bertz CT molecular complexity index is 1060. The molecule has 16 heteroatoms. The van der Waals surface area contributed by atoms with Crippen LogP contribution in [-0.2, 0) is 42.9 Å². The van der Waals surface area contributed by atoms with Crippen LogP contribution < -0.4 is 5.32 Å². The molecule has 16 nitrogen and oxygen atoms in total. The van der Waals surface area contributed by atoms with Gasteiger partial charge in [0.2, 0.25) is 6.29 Å². The summed E-state index contributed by atoms with van der Waals surface area (Å²) >= 11 is 0. The highest BCUT2D eigenvalue weighted by atomic mass is 16.7. The molecule has 5 atom stereocenters. The van der Waals surface area contributed by atoms with E-state index >= 15 is 0 Å². The first-order chi connectivity index (χ1) is 16.8. The molecular formula is C20H23N3O13. The molecule has 1 aromatic rings. The van der Waals surface area contributed by atoms with Gasteiger partial charge in [0, 0.05) is 33.8 Å². The van der Waals surface area contributed by atoms with Gasteiger partial charge in [-0.2, -0.15) is 0 Å². The van der Waals surface area contributed by atoms with E-state index in [-0.39, 0.29) is 5.69 Å². The van der Waals surface area contributed by atoms with E-state index in [1.54, 1.807) is 0 Å². The Labute approximate surface area is 203 Å². The number of nitrogens with one attached hydrogen (secondary N) is 1. The summed E-state index contributed by atoms with van der Waals surface area (Å²) in [5.74, 6) is -3.27. The van der Waals surface area contributed by atoms with Crippen LogP contribution in [-0.4, -0.2) is 71.0 Å². The molecule has 0 spiro atoms. The SMILES string of the molecule is CC(=O)OC[C@H]1O[C@H](OC(C)=O)[C@H](Nc2ccc([N+](=O)[O-])cc2[N+](=O)[O-])[C@@H](OC(C)=O)[C@@H]1OC(C)=O. The molecule has 0 bridgehead atoms. The lowest BCUT2D eigenvalue weighted by molar-refractivity contribution is -0.393. The number of rotatable bonds is 9. The van der Waals surface area contributed by atoms with Crippen molar-refractivity contribution in [2.45, 2.75) is 58.3 Å². The predicted molar refractivity (Wildman–Crippen MR) is 115 cm³/mol. The van der Waals surface area contributed by atoms with Gasteiger partial charge in [-0.05, 0) is 6.07 Å². The quantitative estimate of drug-likeness (QED) is 0.211. The molecule has 0 radical (unpaired) electrons. The van der Waals surface area contributed by atoms with E-state index in [1.165, 1.54) is 0 Å². The van der Waals surface area contributed by atoms with Crippen molar-refractivity contribution in [3.63, 3.8) is 0 Å². The van der Waals surface area contributed by atoms with Gasteiger partial charge in [0.25, 0.3) is 11.4 Å². The Morgan fingerprint density at radius 2 is 1.47 bits per heavy atom. The molecule has 1 heterocycles. The van der Waals surface area contributed by atoms with Crippen LogP contribution in [0.3, 0.4) is 0 Å². The largest absolute Gasteiger partial charge is 0.463 e. The second-order valence-corrected chi connectivity index (χ2v) is 7.49. The molecule has 0 amide bonds. The van der Waals surface area contributed by atoms with Crippen molar-refractivity contribution in [1.29, 1.82) is 0 Å². The normalized spacial score (nSPS) is 23.1. The molecule has 1 aromatic carbocycles. The molecule has 196 valence electrons. The standard InChI is InChI=1S/C20H23N3O13/c1-9(24)32-8-16-18(33-10(2)25)19(34-11(3)26)17(20(36-16)35-12(4)27)21-14-6-5-13(22(28)29)7-15(14)23(30)31/h5-7,16-21H,8H2,1-4H3/t16-,17-,18-,19-,20+/m1/s1. The van der Waals surface area contributed by atoms with Crippen molar-refractivity contribution in [2.75, 3.05) is 11.9 Å². The van der Waals surface area contributed by atoms with Gasteiger partial charge in [-0.3, -0.25) is 39.4 Å². The van der Waals surface area contributed by atoms with Gasteiger partial charge in [-0.25, -0.2) is 0 Å². The fourth-order valence-corrected chi connectivity index (χ4v) is 3.41. The fraction of sp³-hybridized carbons (Fsp3) is 0.500. The molecule has 1 aliphatic heterocycles. The number of hydrogen-bond donors (Lipinski definition) is 1. The third-order valence-electron chi connectivity index (χ3n) is 4.69. The zero-order chi connectivity index (χ0) is 27.2. The fourth-order valence-electron chi connectivity index (χ4n) is 3.41. The Morgan fingerprint density at radius 3 is 1.97 bits per heavy atom. The minimum atomic E-state index is -1.60. The van der Waals surface area contributed by atoms with Gasteiger partial charge in [-0.1, -0.05) is 0 Å². The first kappa shape index (κ1) is 27.9. The number of benzene rings is 1. The lowest BCUT2D eigenvalue weighted by Crippen LogP contribution is -2.64. The van der Waals surface area contributed by atoms with Gasteiger partial charge in [-0.15, -0.1) is 0 Å². The first-order valence-electron chi connectivity index (χ1n) is 10.3. The molecule has 1 N–H and O–H groups in total. The number of carbonyl (C=O) groups excluding carboxylic acids is 4. The van der Waals surface area contributed by atoms with E-state index in [0.717, 1.165) is 39.8 Å². The Morgan fingerprint density at radius 1 is 0.889 bits per heavy atom. The maximum atomic E-state index is 11.9. The number of nitrogens with zero attached hydrogens (tertiary/aromatic N) is 2. The molecule has 36 heavy (non-hydrogen) atoms. The Kier molecular flexibility index (Phi) is 9.20. The lowest BCUT2D eigenvalue weighted by atomic mass is 9.95. The van der Waals surface area contributed by atoms with E-state index in [2.05, 4.69) is 5.32 Å². The first-order valence-corrected chi connectivity index (χ1v) is 10.3. The topological polar surface area (TPSA) is 213 Å². The summed E-state index contributed by atoms with van der Waals surface area (Å²) in [5.41, 5.74) is -1.58. The lowest BCUT2D eigenvalue weighted by Gasteiger charge is -2.44. The second-order valence-electron chi connectivity index (χ2n) is 7.49. The molecule has 1 aliphatic rings. The molecule has 0 aliphatic carbocycles. The maximum absolute atomic E-state index is 11.9. The number of nitro groups is 2. The summed E-state index contributed by atoms with van der Waals surface area (Å²) in [5, 5.41) is 25.3. The van der Waals surface area contributed by atoms with E-state index in [4.69, 9.17) is 23.7 Å². The van der Waals surface area contributed by atoms with Gasteiger partial charge in [0.15, 0.2) is 12.2 Å². The average Bonchev–Trinajstić information content (AvgIpc) is 2.75. The number of non-ortho nitro benzene ring substituents is 1. The third-order valence-corrected chi connectivity index (χ3v) is 4.69. The second kappa shape index (κ2) is 11.9. The molecular weight excluding hydrogens is 490 g/mol. The van der Waals surface area contributed by atoms with Crippen molar-refractivity contribution in [3.8, 4) is 0 Å². The summed E-state index contributed by atoms with van der Waals surface area (Å²) in [6.07, 6.45) is -5.79. The predicted octanol–water partition coefficient (Wildman–Crippen LogP) is 0.998. The Balaban J connectivity index is 2.60. The third kappa shape index (κ3) is 7.33. The zero-order valence-corrected chi connectivity index (χ0v) is 19.5. The van der Waals surface area contributed by atoms with Gasteiger partial charge < -0.3 is 29.0 Å². The summed E-state index contributed by atoms with van der Waals surface area (Å²) < 4.78 is 26.4. The number of ether oxygens (including phenoxy) is 5. The monoisotopic (exact) mass is 513 g/mol. The van der Waals surface area contributed by atoms with Crippen molar-refractivity contribution in [3.05, 3.63) is 38.4 Å². The number of anilines is 1. The van der Waals surface area contributed by atoms with Gasteiger partial charge in [0.1, 0.15) is 24.4 Å². The van der Waals surface area contributed by atoms with E-state index < -0.39 is 82.3 Å². The number of carbonyl (C=O) groups is 4. The van der Waals surface area contributed by atoms with E-state index in [9.17, 15) is 39.4 Å². The van der Waals surface area contributed by atoms with Crippen LogP contribution >= 0.6 is 0 Å². The molecule has 0 saturated carbocycles. The van der Waals surface area contributed by atoms with E-state index in [0.29, 0.717) is 6.07 Å². The van der Waals surface area contributed by atoms with Crippen LogP contribution in [0.4, 0.5) is 17.1 Å². The van der Waals surface area contributed by atoms with Crippen LogP contribution in [0.2, 0.25) is 0 Å². The summed E-state index contributed by atoms with van der Waals surface area (Å²) in [4.78, 5) is 67.8. The van der Waals surface area contributed by atoms with Crippen molar-refractivity contribution in [2.24, 2.45) is 0 Å². The van der Waals surface area contributed by atoms with Crippen LogP contribution in [0, 0.1) is 20.2 Å². The molecule has 0 aromatic heterocycles. The summed E-state index contributed by atoms with van der Waals surface area (Å²) in [7, 11) is 0. The zero-order valence-electron chi connectivity index (χ0n) is 19.5. The highest BCUT2D eigenvalue weighted by molar-refractivity contribution is 5.69. The van der Waals surface area contributed by atoms with Gasteiger partial charge >= 0.3 is 23.9 Å². The Hall–Kier alpha value is -4.34. The maximum Gasteiger partial charge on any atom is 0.305 e.